The van der Waals surface area contributed by atoms with Gasteiger partial charge < -0.3 is 42.8 Å². The number of hydrogen-bond donors (Lipinski definition) is 0. The van der Waals surface area contributed by atoms with E-state index in [0.29, 0.717) is 47.1 Å². The Morgan fingerprint density at radius 1 is 0.667 bits per heavy atom. The number of ether oxygens (including phenoxy) is 8. The van der Waals surface area contributed by atoms with Gasteiger partial charge in [0, 0.05) is 67.5 Å². The zero-order chi connectivity index (χ0) is 37.6. The first-order valence-electron chi connectivity index (χ1n) is 17.8. The number of rotatable bonds is 14. The van der Waals surface area contributed by atoms with E-state index in [1.54, 1.807) is 42.7 Å². The molecule has 0 aliphatic carbocycles. The Kier molecular flexibility index (Phi) is 16.0. The first-order valence-corrected chi connectivity index (χ1v) is 17.8. The molecule has 1 fully saturated rings. The number of methoxy groups -OCH3 is 6. The molecular formula is C42H49Cl3N4O8. The molecule has 0 N–H and O–H groups in total. The fraction of sp³-hybridized carbons (Fsp3) is 0.333. The second-order valence-corrected chi connectivity index (χ2v) is 13.1. The number of pyridine rings is 2. The molecule has 7 rings (SSSR count). The molecule has 1 saturated heterocycles. The van der Waals surface area contributed by atoms with Gasteiger partial charge in [0.2, 0.25) is 18.3 Å². The monoisotopic (exact) mass is 842 g/mol. The van der Waals surface area contributed by atoms with Gasteiger partial charge in [0.05, 0.1) is 54.0 Å². The van der Waals surface area contributed by atoms with Crippen LogP contribution in [0.2, 0.25) is 0 Å². The predicted octanol–water partition coefficient (Wildman–Crippen LogP) is 8.53. The van der Waals surface area contributed by atoms with Gasteiger partial charge in [-0.15, -0.1) is 37.2 Å². The molecule has 0 saturated carbocycles. The lowest BCUT2D eigenvalue weighted by molar-refractivity contribution is 0.174. The highest BCUT2D eigenvalue weighted by Gasteiger charge is 2.28. The van der Waals surface area contributed by atoms with Crippen molar-refractivity contribution in [2.45, 2.75) is 32.0 Å². The molecule has 306 valence electrons. The Bertz CT molecular complexity index is 2030. The molecule has 0 amide bonds. The van der Waals surface area contributed by atoms with Gasteiger partial charge in [-0.2, -0.15) is 0 Å². The Balaban J connectivity index is 0.00000240. The van der Waals surface area contributed by atoms with Crippen molar-refractivity contribution in [2.75, 3.05) is 67.4 Å². The maximum absolute atomic E-state index is 5.79. The first-order chi connectivity index (χ1) is 26.5. The van der Waals surface area contributed by atoms with Crippen LogP contribution < -0.4 is 42.8 Å². The van der Waals surface area contributed by atoms with Crippen LogP contribution >= 0.6 is 37.2 Å². The van der Waals surface area contributed by atoms with E-state index in [-0.39, 0.29) is 44.0 Å². The van der Waals surface area contributed by atoms with Crippen LogP contribution in [0.4, 0.5) is 5.69 Å². The van der Waals surface area contributed by atoms with Crippen LogP contribution in [0.25, 0.3) is 22.5 Å². The Hall–Kier alpha value is -5.01. The van der Waals surface area contributed by atoms with Gasteiger partial charge in [-0.05, 0) is 72.5 Å². The zero-order valence-electron chi connectivity index (χ0n) is 32.8. The van der Waals surface area contributed by atoms with Crippen molar-refractivity contribution >= 4 is 42.9 Å². The number of fused-ring (bicyclic) bond motifs is 1. The Morgan fingerprint density at radius 2 is 1.26 bits per heavy atom. The highest BCUT2D eigenvalue weighted by Crippen LogP contribution is 2.43. The van der Waals surface area contributed by atoms with Gasteiger partial charge in [0.1, 0.15) is 0 Å². The molecular weight excluding hydrogens is 795 g/mol. The van der Waals surface area contributed by atoms with E-state index in [1.807, 2.05) is 54.9 Å². The Labute approximate surface area is 352 Å². The average Bonchev–Trinajstić information content (AvgIpc) is 3.70. The SMILES string of the molecule is COc1cc(-c2ccc(CN(c3ccc4c(c3)OCO4)C3CCN(Cc4cccnc4-c4cc(OC)c(OC)c(OC)c4)CC3)cn2)cc(OC)c1OC.Cl.Cl.Cl. The van der Waals surface area contributed by atoms with Crippen molar-refractivity contribution in [1.82, 2.24) is 14.9 Å². The summed E-state index contributed by atoms with van der Waals surface area (Å²) in [5.74, 6) is 4.99. The lowest BCUT2D eigenvalue weighted by Gasteiger charge is -2.40. The van der Waals surface area contributed by atoms with Crippen molar-refractivity contribution in [3.05, 3.63) is 90.3 Å². The van der Waals surface area contributed by atoms with Gasteiger partial charge in [-0.3, -0.25) is 14.9 Å². The zero-order valence-corrected chi connectivity index (χ0v) is 35.3. The van der Waals surface area contributed by atoms with E-state index in [9.17, 15) is 0 Å². The largest absolute Gasteiger partial charge is 0.493 e. The average molecular weight is 844 g/mol. The van der Waals surface area contributed by atoms with Crippen LogP contribution in [0.3, 0.4) is 0 Å². The number of likely N-dealkylation sites (tertiary alicyclic amines) is 1. The van der Waals surface area contributed by atoms with Gasteiger partial charge in [0.25, 0.3) is 0 Å². The third-order valence-electron chi connectivity index (χ3n) is 10.0. The molecule has 0 atom stereocenters. The van der Waals surface area contributed by atoms with E-state index >= 15 is 0 Å². The summed E-state index contributed by atoms with van der Waals surface area (Å²) in [5.41, 5.74) is 6.80. The molecule has 0 bridgehead atoms. The predicted molar refractivity (Wildman–Crippen MR) is 227 cm³/mol. The molecule has 57 heavy (non-hydrogen) atoms. The van der Waals surface area contributed by atoms with E-state index < -0.39 is 0 Å². The number of hydrogen-bond acceptors (Lipinski definition) is 12. The van der Waals surface area contributed by atoms with E-state index in [4.69, 9.17) is 47.9 Å². The highest BCUT2D eigenvalue weighted by atomic mass is 35.5. The summed E-state index contributed by atoms with van der Waals surface area (Å²) in [6.45, 7) is 3.53. The number of aromatic nitrogens is 2. The van der Waals surface area contributed by atoms with Crippen molar-refractivity contribution in [2.24, 2.45) is 0 Å². The van der Waals surface area contributed by atoms with Crippen LogP contribution in [0.5, 0.6) is 46.0 Å². The van der Waals surface area contributed by atoms with Crippen LogP contribution in [-0.4, -0.2) is 83.5 Å². The molecule has 5 aromatic rings. The molecule has 4 heterocycles. The van der Waals surface area contributed by atoms with Gasteiger partial charge in [-0.25, -0.2) is 0 Å². The molecule has 3 aromatic carbocycles. The number of anilines is 1. The van der Waals surface area contributed by atoms with E-state index in [0.717, 1.165) is 83.3 Å². The van der Waals surface area contributed by atoms with E-state index in [2.05, 4.69) is 34.1 Å². The van der Waals surface area contributed by atoms with Crippen LogP contribution in [0.1, 0.15) is 24.0 Å². The summed E-state index contributed by atoms with van der Waals surface area (Å²) in [4.78, 5) is 14.6. The Morgan fingerprint density at radius 3 is 1.82 bits per heavy atom. The summed E-state index contributed by atoms with van der Waals surface area (Å²) >= 11 is 0. The minimum Gasteiger partial charge on any atom is -0.493 e. The summed E-state index contributed by atoms with van der Waals surface area (Å²) in [6, 6.07) is 22.5. The maximum Gasteiger partial charge on any atom is 0.231 e. The molecule has 2 aliphatic heterocycles. The standard InChI is InChI=1S/C42H46N4O8.3ClH/c1-47-36-18-29(19-37(48-2)41(36)51-5)33-11-9-27(23-44-33)24-46(32-10-12-34-35(22-32)54-26-53-34)31-13-16-45(17-14-31)25-28-8-7-15-43-40(28)30-20-38(49-3)42(52-6)39(21-30)50-4;;;/h7-12,15,18-23,31H,13-14,16-17,24-26H2,1-6H3;3*1H. The van der Waals surface area contributed by atoms with Crippen molar-refractivity contribution < 1.29 is 37.9 Å². The molecule has 0 unspecified atom stereocenters. The topological polar surface area (TPSA) is 106 Å². The van der Waals surface area contributed by atoms with Gasteiger partial charge >= 0.3 is 0 Å². The van der Waals surface area contributed by atoms with Crippen LogP contribution in [-0.2, 0) is 13.1 Å². The van der Waals surface area contributed by atoms with Crippen molar-refractivity contribution in [1.29, 1.82) is 0 Å². The van der Waals surface area contributed by atoms with Crippen LogP contribution in [0, 0.1) is 0 Å². The molecule has 2 aliphatic rings. The molecule has 2 aromatic heterocycles. The minimum atomic E-state index is 0. The second kappa shape index (κ2) is 20.4. The lowest BCUT2D eigenvalue weighted by Crippen LogP contribution is -2.44. The third-order valence-corrected chi connectivity index (χ3v) is 10.0. The van der Waals surface area contributed by atoms with Crippen molar-refractivity contribution in [3.63, 3.8) is 0 Å². The molecule has 0 radical (unpaired) electrons. The molecule has 12 nitrogen and oxygen atoms in total. The maximum atomic E-state index is 5.79. The summed E-state index contributed by atoms with van der Waals surface area (Å²) < 4.78 is 44.9. The second-order valence-electron chi connectivity index (χ2n) is 13.1. The quantitative estimate of drug-likeness (QED) is 0.107. The molecule has 0 spiro atoms. The minimum absolute atomic E-state index is 0. The van der Waals surface area contributed by atoms with Gasteiger partial charge in [0.15, 0.2) is 34.5 Å². The number of piperidine rings is 1. The summed E-state index contributed by atoms with van der Waals surface area (Å²) in [5, 5.41) is 0. The fourth-order valence-corrected chi connectivity index (χ4v) is 7.28. The molecule has 15 heteroatoms. The third kappa shape index (κ3) is 9.59. The fourth-order valence-electron chi connectivity index (χ4n) is 7.28. The normalized spacial score (nSPS) is 13.3. The smallest absolute Gasteiger partial charge is 0.231 e. The first kappa shape index (κ1) is 44.7. The van der Waals surface area contributed by atoms with Crippen molar-refractivity contribution in [3.8, 4) is 68.5 Å². The van der Waals surface area contributed by atoms with Crippen LogP contribution in [0.15, 0.2) is 79.1 Å². The summed E-state index contributed by atoms with van der Waals surface area (Å²) in [6.07, 6.45) is 5.72. The van der Waals surface area contributed by atoms with E-state index in [1.165, 1.54) is 0 Å². The number of benzene rings is 3. The number of nitrogens with zero attached hydrogens (tertiary/aromatic N) is 4. The number of halogens is 3. The summed E-state index contributed by atoms with van der Waals surface area (Å²) in [7, 11) is 9.68. The van der Waals surface area contributed by atoms with Gasteiger partial charge in [-0.1, -0.05) is 12.1 Å². The lowest BCUT2D eigenvalue weighted by atomic mass is 9.99. The highest BCUT2D eigenvalue weighted by molar-refractivity contribution is 5.86.